The summed E-state index contributed by atoms with van der Waals surface area (Å²) in [4.78, 5) is 11.6. The van der Waals surface area contributed by atoms with Gasteiger partial charge in [0.25, 0.3) is 0 Å². The first-order valence-corrected chi connectivity index (χ1v) is 6.57. The molecule has 1 saturated carbocycles. The van der Waals surface area contributed by atoms with Gasteiger partial charge in [-0.2, -0.15) is 0 Å². The number of rotatable bonds is 3. The summed E-state index contributed by atoms with van der Waals surface area (Å²) in [6.45, 7) is 2.05. The van der Waals surface area contributed by atoms with Crippen molar-refractivity contribution in [2.24, 2.45) is 10.9 Å². The zero-order valence-electron chi connectivity index (χ0n) is 10.9. The Labute approximate surface area is 108 Å². The fourth-order valence-electron chi connectivity index (χ4n) is 2.41. The molecule has 0 radical (unpaired) electrons. The van der Waals surface area contributed by atoms with E-state index in [4.69, 9.17) is 15.7 Å². The lowest BCUT2D eigenvalue weighted by atomic mass is 9.83. The first kappa shape index (κ1) is 14.6. The second-order valence-electron chi connectivity index (χ2n) is 4.68. The van der Waals surface area contributed by atoms with Crippen molar-refractivity contribution < 1.29 is 14.7 Å². The zero-order valence-corrected chi connectivity index (χ0v) is 10.9. The van der Waals surface area contributed by atoms with Gasteiger partial charge in [-0.25, -0.2) is 4.79 Å². The molecule has 0 bridgehead atoms. The number of alkyl carbamates (subject to hydrolysis) is 1. The van der Waals surface area contributed by atoms with Crippen LogP contribution in [0.15, 0.2) is 5.16 Å². The number of amidine groups is 1. The highest BCUT2D eigenvalue weighted by Crippen LogP contribution is 2.26. The standard InChI is InChI=1S/C12H23N3O3/c1-2-18-11(16)14-12(10(13)15-17)8-6-4-3-5-7-9-12/h17H,2-9H2,1H3,(H2,13,15)(H,14,16). The maximum Gasteiger partial charge on any atom is 0.407 e. The molecule has 104 valence electrons. The number of amides is 1. The number of carbonyl (C=O) groups excluding carboxylic acids is 1. The Balaban J connectivity index is 2.81. The molecule has 1 amide bonds. The molecule has 6 heteroatoms. The Morgan fingerprint density at radius 2 is 1.89 bits per heavy atom. The fourth-order valence-corrected chi connectivity index (χ4v) is 2.41. The van der Waals surface area contributed by atoms with Crippen molar-refractivity contribution in [2.45, 2.75) is 57.4 Å². The number of nitrogens with one attached hydrogen (secondary N) is 1. The SMILES string of the molecule is CCOC(=O)NC1(/C(N)=N/O)CCCCCCC1. The molecule has 0 aliphatic heterocycles. The Morgan fingerprint density at radius 3 is 2.39 bits per heavy atom. The van der Waals surface area contributed by atoms with Crippen LogP contribution < -0.4 is 11.1 Å². The van der Waals surface area contributed by atoms with E-state index in [0.717, 1.165) is 25.7 Å². The predicted molar refractivity (Wildman–Crippen MR) is 68.6 cm³/mol. The number of carbonyl (C=O) groups is 1. The molecule has 1 rings (SSSR count). The molecular formula is C12H23N3O3. The molecule has 4 N–H and O–H groups in total. The average molecular weight is 257 g/mol. The zero-order chi connectivity index (χ0) is 13.4. The molecule has 0 heterocycles. The first-order chi connectivity index (χ1) is 8.64. The van der Waals surface area contributed by atoms with E-state index in [1.165, 1.54) is 6.42 Å². The summed E-state index contributed by atoms with van der Waals surface area (Å²) in [5.41, 5.74) is 5.01. The third kappa shape index (κ3) is 3.78. The number of ether oxygens (including phenoxy) is 1. The van der Waals surface area contributed by atoms with Crippen LogP contribution in [0.3, 0.4) is 0 Å². The van der Waals surface area contributed by atoms with Crippen LogP contribution in [0, 0.1) is 0 Å². The van der Waals surface area contributed by atoms with Gasteiger partial charge in [0.2, 0.25) is 0 Å². The summed E-state index contributed by atoms with van der Waals surface area (Å²) in [5, 5.41) is 14.8. The Morgan fingerprint density at radius 1 is 1.33 bits per heavy atom. The highest BCUT2D eigenvalue weighted by Gasteiger charge is 2.37. The lowest BCUT2D eigenvalue weighted by molar-refractivity contribution is 0.140. The van der Waals surface area contributed by atoms with E-state index < -0.39 is 11.6 Å². The van der Waals surface area contributed by atoms with Gasteiger partial charge in [-0.05, 0) is 19.8 Å². The Hall–Kier alpha value is -1.46. The highest BCUT2D eigenvalue weighted by molar-refractivity contribution is 5.92. The van der Waals surface area contributed by atoms with Crippen molar-refractivity contribution >= 4 is 11.9 Å². The third-order valence-corrected chi connectivity index (χ3v) is 3.42. The van der Waals surface area contributed by atoms with E-state index in [-0.39, 0.29) is 5.84 Å². The average Bonchev–Trinajstić information content (AvgIpc) is 2.32. The van der Waals surface area contributed by atoms with Gasteiger partial charge >= 0.3 is 6.09 Å². The minimum Gasteiger partial charge on any atom is -0.450 e. The molecule has 0 aromatic carbocycles. The van der Waals surface area contributed by atoms with Crippen LogP contribution in [0.4, 0.5) is 4.79 Å². The number of nitrogens with two attached hydrogens (primary N) is 1. The van der Waals surface area contributed by atoms with Crippen molar-refractivity contribution in [3.05, 3.63) is 0 Å². The highest BCUT2D eigenvalue weighted by atomic mass is 16.5. The summed E-state index contributed by atoms with van der Waals surface area (Å²) in [6.07, 6.45) is 6.15. The minimum atomic E-state index is -0.762. The molecule has 0 aromatic rings. The number of nitrogens with zero attached hydrogens (tertiary/aromatic N) is 1. The second-order valence-corrected chi connectivity index (χ2v) is 4.68. The van der Waals surface area contributed by atoms with Gasteiger partial charge in [-0.15, -0.1) is 0 Å². The number of hydrogen-bond donors (Lipinski definition) is 3. The summed E-state index contributed by atoms with van der Waals surface area (Å²) < 4.78 is 4.89. The van der Waals surface area contributed by atoms with Gasteiger partial charge in [0.15, 0.2) is 5.84 Å². The van der Waals surface area contributed by atoms with E-state index in [1.54, 1.807) is 6.92 Å². The van der Waals surface area contributed by atoms with Crippen LogP contribution in [0.1, 0.15) is 51.9 Å². The van der Waals surface area contributed by atoms with E-state index in [2.05, 4.69) is 10.5 Å². The normalized spacial score (nSPS) is 20.6. The number of oxime groups is 1. The molecule has 1 fully saturated rings. The molecule has 0 saturated heterocycles. The van der Waals surface area contributed by atoms with Gasteiger partial charge in [0.1, 0.15) is 5.54 Å². The van der Waals surface area contributed by atoms with Crippen molar-refractivity contribution in [3.63, 3.8) is 0 Å². The van der Waals surface area contributed by atoms with Crippen molar-refractivity contribution in [1.82, 2.24) is 5.32 Å². The van der Waals surface area contributed by atoms with E-state index in [1.807, 2.05) is 0 Å². The molecule has 1 aliphatic carbocycles. The van der Waals surface area contributed by atoms with E-state index >= 15 is 0 Å². The maximum absolute atomic E-state index is 11.6. The maximum atomic E-state index is 11.6. The third-order valence-electron chi connectivity index (χ3n) is 3.42. The molecule has 0 unspecified atom stereocenters. The van der Waals surface area contributed by atoms with Crippen LogP contribution in [0.2, 0.25) is 0 Å². The quantitative estimate of drug-likeness (QED) is 0.311. The summed E-state index contributed by atoms with van der Waals surface area (Å²) in [7, 11) is 0. The van der Waals surface area contributed by atoms with Gasteiger partial charge in [0, 0.05) is 0 Å². The fraction of sp³-hybridized carbons (Fsp3) is 0.833. The summed E-state index contributed by atoms with van der Waals surface area (Å²) in [6, 6.07) is 0. The second kappa shape index (κ2) is 7.08. The predicted octanol–water partition coefficient (Wildman–Crippen LogP) is 1.96. The topological polar surface area (TPSA) is 96.9 Å². The van der Waals surface area contributed by atoms with Crippen LogP contribution in [0.5, 0.6) is 0 Å². The number of hydrogen-bond acceptors (Lipinski definition) is 4. The molecule has 0 atom stereocenters. The summed E-state index contributed by atoms with van der Waals surface area (Å²) >= 11 is 0. The first-order valence-electron chi connectivity index (χ1n) is 6.57. The van der Waals surface area contributed by atoms with E-state index in [0.29, 0.717) is 19.4 Å². The molecule has 0 spiro atoms. The van der Waals surface area contributed by atoms with Gasteiger partial charge < -0.3 is 21.0 Å². The van der Waals surface area contributed by atoms with Crippen LogP contribution >= 0.6 is 0 Å². The Kier molecular flexibility index (Phi) is 5.74. The molecule has 6 nitrogen and oxygen atoms in total. The molecule has 0 aromatic heterocycles. The van der Waals surface area contributed by atoms with Crippen molar-refractivity contribution in [2.75, 3.05) is 6.61 Å². The van der Waals surface area contributed by atoms with Crippen LogP contribution in [0.25, 0.3) is 0 Å². The smallest absolute Gasteiger partial charge is 0.407 e. The lowest BCUT2D eigenvalue weighted by Crippen LogP contribution is -2.58. The lowest BCUT2D eigenvalue weighted by Gasteiger charge is -2.34. The largest absolute Gasteiger partial charge is 0.450 e. The van der Waals surface area contributed by atoms with Gasteiger partial charge in [0.05, 0.1) is 6.61 Å². The summed E-state index contributed by atoms with van der Waals surface area (Å²) in [5.74, 6) is 0.0671. The van der Waals surface area contributed by atoms with Crippen molar-refractivity contribution in [3.8, 4) is 0 Å². The Bertz CT molecular complexity index is 297. The monoisotopic (exact) mass is 257 g/mol. The van der Waals surface area contributed by atoms with Gasteiger partial charge in [-0.1, -0.05) is 37.3 Å². The molecule has 18 heavy (non-hydrogen) atoms. The van der Waals surface area contributed by atoms with Gasteiger partial charge in [-0.3, -0.25) is 0 Å². The molecule has 1 aliphatic rings. The van der Waals surface area contributed by atoms with Crippen LogP contribution in [-0.4, -0.2) is 29.3 Å². The van der Waals surface area contributed by atoms with Crippen molar-refractivity contribution in [1.29, 1.82) is 0 Å². The minimum absolute atomic E-state index is 0.0671. The van der Waals surface area contributed by atoms with Crippen LogP contribution in [-0.2, 0) is 4.74 Å². The van der Waals surface area contributed by atoms with E-state index in [9.17, 15) is 4.79 Å². The molecular weight excluding hydrogens is 234 g/mol.